The zero-order valence-electron chi connectivity index (χ0n) is 10.5. The van der Waals surface area contributed by atoms with Gasteiger partial charge in [0.2, 0.25) is 5.91 Å². The number of carbonyl (C=O) groups is 1. The van der Waals surface area contributed by atoms with Crippen LogP contribution in [0.3, 0.4) is 0 Å². The van der Waals surface area contributed by atoms with Crippen molar-refractivity contribution in [3.63, 3.8) is 0 Å². The summed E-state index contributed by atoms with van der Waals surface area (Å²) in [5.41, 5.74) is 0. The number of methoxy groups -OCH3 is 1. The van der Waals surface area contributed by atoms with E-state index in [0.717, 1.165) is 12.8 Å². The van der Waals surface area contributed by atoms with Gasteiger partial charge in [-0.2, -0.15) is 0 Å². The van der Waals surface area contributed by atoms with E-state index in [9.17, 15) is 4.79 Å². The third-order valence-electron chi connectivity index (χ3n) is 2.30. The Kier molecular flexibility index (Phi) is 9.18. The molecule has 0 aromatic carbocycles. The highest BCUT2D eigenvalue weighted by atomic mass is 16.5. The molecule has 0 radical (unpaired) electrons. The van der Waals surface area contributed by atoms with E-state index in [2.05, 4.69) is 17.6 Å². The molecular weight excluding hydrogens is 208 g/mol. The number of rotatable bonds is 9. The van der Waals surface area contributed by atoms with Crippen molar-refractivity contribution in [2.45, 2.75) is 38.8 Å². The van der Waals surface area contributed by atoms with Crippen LogP contribution in [0.4, 0.5) is 0 Å². The minimum atomic E-state index is -0.316. The molecule has 0 spiro atoms. The monoisotopic (exact) mass is 232 g/mol. The van der Waals surface area contributed by atoms with Gasteiger partial charge in [0.25, 0.3) is 0 Å². The summed E-state index contributed by atoms with van der Waals surface area (Å²) >= 11 is 0. The highest BCUT2D eigenvalue weighted by Crippen LogP contribution is 1.90. The van der Waals surface area contributed by atoms with Crippen molar-refractivity contribution in [1.82, 2.24) is 10.6 Å². The van der Waals surface area contributed by atoms with Gasteiger partial charge in [-0.3, -0.25) is 10.1 Å². The van der Waals surface area contributed by atoms with Crippen molar-refractivity contribution in [2.24, 2.45) is 0 Å². The van der Waals surface area contributed by atoms with E-state index in [0.29, 0.717) is 13.2 Å². The second kappa shape index (κ2) is 9.57. The number of unbranched alkanes of at least 4 members (excludes halogenated alkanes) is 1. The Morgan fingerprint density at radius 3 is 2.69 bits per heavy atom. The Morgan fingerprint density at radius 2 is 2.19 bits per heavy atom. The van der Waals surface area contributed by atoms with Crippen LogP contribution in [0.1, 0.15) is 26.7 Å². The Balaban J connectivity index is 3.83. The summed E-state index contributed by atoms with van der Waals surface area (Å²) in [6, 6.07) is -0.513. The molecular formula is C11H24N2O3. The van der Waals surface area contributed by atoms with Crippen LogP contribution in [0, 0.1) is 0 Å². The standard InChI is InChI=1S/C11H24N2O3/c1-4-5-6-12-11(15)9(2)13-10(7-14)8-16-3/h9-10,13-14H,4-8H2,1-3H3,(H,12,15). The molecule has 0 saturated heterocycles. The summed E-state index contributed by atoms with van der Waals surface area (Å²) in [6.45, 7) is 4.91. The Bertz CT molecular complexity index is 188. The zero-order chi connectivity index (χ0) is 12.4. The lowest BCUT2D eigenvalue weighted by Crippen LogP contribution is -2.49. The molecule has 2 unspecified atom stereocenters. The van der Waals surface area contributed by atoms with E-state index in [4.69, 9.17) is 9.84 Å². The van der Waals surface area contributed by atoms with Crippen LogP contribution in [0.5, 0.6) is 0 Å². The summed E-state index contributed by atoms with van der Waals surface area (Å²) in [6.07, 6.45) is 2.05. The minimum Gasteiger partial charge on any atom is -0.395 e. The van der Waals surface area contributed by atoms with Gasteiger partial charge < -0.3 is 15.2 Å². The normalized spacial score (nSPS) is 14.5. The van der Waals surface area contributed by atoms with Gasteiger partial charge in [-0.05, 0) is 13.3 Å². The number of carbonyl (C=O) groups excluding carboxylic acids is 1. The third-order valence-corrected chi connectivity index (χ3v) is 2.30. The van der Waals surface area contributed by atoms with Gasteiger partial charge in [-0.15, -0.1) is 0 Å². The van der Waals surface area contributed by atoms with Crippen LogP contribution in [0.15, 0.2) is 0 Å². The maximum Gasteiger partial charge on any atom is 0.236 e. The number of hydrogen-bond donors (Lipinski definition) is 3. The van der Waals surface area contributed by atoms with Crippen molar-refractivity contribution in [3.8, 4) is 0 Å². The van der Waals surface area contributed by atoms with Gasteiger partial charge in [0.05, 0.1) is 25.3 Å². The molecule has 16 heavy (non-hydrogen) atoms. The molecule has 2 atom stereocenters. The maximum absolute atomic E-state index is 11.6. The molecule has 0 rings (SSSR count). The van der Waals surface area contributed by atoms with Crippen LogP contribution in [0.25, 0.3) is 0 Å². The van der Waals surface area contributed by atoms with Gasteiger partial charge in [0, 0.05) is 13.7 Å². The number of aliphatic hydroxyl groups excluding tert-OH is 1. The molecule has 0 fully saturated rings. The average molecular weight is 232 g/mol. The highest BCUT2D eigenvalue weighted by Gasteiger charge is 2.16. The van der Waals surface area contributed by atoms with E-state index in [-0.39, 0.29) is 24.6 Å². The lowest BCUT2D eigenvalue weighted by atomic mass is 10.2. The number of aliphatic hydroxyl groups is 1. The van der Waals surface area contributed by atoms with Gasteiger partial charge in [-0.25, -0.2) is 0 Å². The fourth-order valence-electron chi connectivity index (χ4n) is 1.33. The molecule has 0 aromatic heterocycles. The predicted molar refractivity (Wildman–Crippen MR) is 63.3 cm³/mol. The quantitative estimate of drug-likeness (QED) is 0.485. The number of ether oxygens (including phenoxy) is 1. The fraction of sp³-hybridized carbons (Fsp3) is 0.909. The maximum atomic E-state index is 11.6. The van der Waals surface area contributed by atoms with E-state index >= 15 is 0 Å². The van der Waals surface area contributed by atoms with Crippen LogP contribution in [0.2, 0.25) is 0 Å². The van der Waals surface area contributed by atoms with Crippen molar-refractivity contribution in [2.75, 3.05) is 26.9 Å². The van der Waals surface area contributed by atoms with E-state index in [1.165, 1.54) is 0 Å². The summed E-state index contributed by atoms with van der Waals surface area (Å²) in [5, 5.41) is 14.9. The van der Waals surface area contributed by atoms with Crippen molar-refractivity contribution < 1.29 is 14.6 Å². The summed E-state index contributed by atoms with van der Waals surface area (Å²) < 4.78 is 4.92. The molecule has 0 aliphatic heterocycles. The zero-order valence-corrected chi connectivity index (χ0v) is 10.5. The Hall–Kier alpha value is -0.650. The Labute approximate surface area is 97.6 Å². The molecule has 5 heteroatoms. The van der Waals surface area contributed by atoms with Crippen molar-refractivity contribution >= 4 is 5.91 Å². The lowest BCUT2D eigenvalue weighted by molar-refractivity contribution is -0.123. The predicted octanol–water partition coefficient (Wildman–Crippen LogP) is -0.112. The third kappa shape index (κ3) is 6.76. The Morgan fingerprint density at radius 1 is 1.50 bits per heavy atom. The highest BCUT2D eigenvalue weighted by molar-refractivity contribution is 5.81. The number of nitrogens with one attached hydrogen (secondary N) is 2. The topological polar surface area (TPSA) is 70.6 Å². The average Bonchev–Trinajstić information content (AvgIpc) is 2.28. The van der Waals surface area contributed by atoms with E-state index in [1.807, 2.05) is 0 Å². The molecule has 5 nitrogen and oxygen atoms in total. The molecule has 1 amide bonds. The van der Waals surface area contributed by atoms with Crippen LogP contribution in [-0.4, -0.2) is 50.0 Å². The fourth-order valence-corrected chi connectivity index (χ4v) is 1.33. The summed E-state index contributed by atoms with van der Waals surface area (Å²) in [4.78, 5) is 11.6. The van der Waals surface area contributed by atoms with Gasteiger partial charge in [0.15, 0.2) is 0 Å². The van der Waals surface area contributed by atoms with E-state index in [1.54, 1.807) is 14.0 Å². The molecule has 0 saturated carbocycles. The van der Waals surface area contributed by atoms with Crippen molar-refractivity contribution in [3.05, 3.63) is 0 Å². The first-order valence-corrected chi connectivity index (χ1v) is 5.79. The first-order chi connectivity index (χ1) is 7.65. The number of amides is 1. The molecule has 3 N–H and O–H groups in total. The number of hydrogen-bond acceptors (Lipinski definition) is 4. The van der Waals surface area contributed by atoms with Crippen LogP contribution < -0.4 is 10.6 Å². The molecule has 0 aliphatic carbocycles. The molecule has 96 valence electrons. The second-order valence-electron chi connectivity index (χ2n) is 3.87. The largest absolute Gasteiger partial charge is 0.395 e. The molecule has 0 heterocycles. The summed E-state index contributed by atoms with van der Waals surface area (Å²) in [5.74, 6) is -0.0389. The SMILES string of the molecule is CCCCNC(=O)C(C)NC(CO)COC. The van der Waals surface area contributed by atoms with Gasteiger partial charge >= 0.3 is 0 Å². The van der Waals surface area contributed by atoms with E-state index < -0.39 is 0 Å². The smallest absolute Gasteiger partial charge is 0.236 e. The van der Waals surface area contributed by atoms with Crippen molar-refractivity contribution in [1.29, 1.82) is 0 Å². The van der Waals surface area contributed by atoms with Crippen LogP contribution >= 0.6 is 0 Å². The van der Waals surface area contributed by atoms with Crippen LogP contribution in [-0.2, 0) is 9.53 Å². The first kappa shape index (κ1) is 15.3. The molecule has 0 aromatic rings. The van der Waals surface area contributed by atoms with Gasteiger partial charge in [-0.1, -0.05) is 13.3 Å². The first-order valence-electron chi connectivity index (χ1n) is 5.79. The molecule has 0 bridgehead atoms. The summed E-state index contributed by atoms with van der Waals surface area (Å²) in [7, 11) is 1.57. The minimum absolute atomic E-state index is 0.0389. The van der Waals surface area contributed by atoms with Gasteiger partial charge in [0.1, 0.15) is 0 Å². The second-order valence-corrected chi connectivity index (χ2v) is 3.87. The lowest BCUT2D eigenvalue weighted by Gasteiger charge is -2.20. The molecule has 0 aliphatic rings.